The van der Waals surface area contributed by atoms with Gasteiger partial charge in [0, 0.05) is 44.2 Å². The van der Waals surface area contributed by atoms with E-state index >= 15 is 0 Å². The molecule has 3 atom stereocenters. The van der Waals surface area contributed by atoms with Crippen LogP contribution in [0.15, 0.2) is 66.0 Å². The number of aromatic nitrogens is 4. The van der Waals surface area contributed by atoms with Crippen LogP contribution in [0.1, 0.15) is 16.9 Å². The Hall–Kier alpha value is -3.06. The van der Waals surface area contributed by atoms with Crippen LogP contribution in [0.3, 0.4) is 0 Å². The van der Waals surface area contributed by atoms with Crippen molar-refractivity contribution < 1.29 is 4.79 Å². The highest BCUT2D eigenvalue weighted by molar-refractivity contribution is 7.99. The fourth-order valence-corrected chi connectivity index (χ4v) is 6.24. The first-order chi connectivity index (χ1) is 15.6. The smallest absolute Gasteiger partial charge is 0.275 e. The van der Waals surface area contributed by atoms with Crippen LogP contribution in [0.4, 0.5) is 0 Å². The van der Waals surface area contributed by atoms with Crippen molar-refractivity contribution in [3.8, 4) is 11.1 Å². The lowest BCUT2D eigenvalue weighted by Crippen LogP contribution is -2.40. The van der Waals surface area contributed by atoms with Gasteiger partial charge < -0.3 is 9.47 Å². The summed E-state index contributed by atoms with van der Waals surface area (Å²) in [6, 6.07) is 18.5. The van der Waals surface area contributed by atoms with E-state index in [0.29, 0.717) is 17.5 Å². The zero-order valence-corrected chi connectivity index (χ0v) is 19.0. The highest BCUT2D eigenvalue weighted by Gasteiger charge is 2.54. The molecular weight excluding hydrogens is 418 g/mol. The Bertz CT molecular complexity index is 1310. The fourth-order valence-electron chi connectivity index (χ4n) is 5.04. The standard InChI is InChI=1S/C25H25N5OS/c1-28-14-19(16-8-4-3-5-9-16)23(27-28)24(31)30-13-17-12-18(17)22(30)15-32-25-26-20-10-6-7-11-21(20)29(25)2/h3-11,14,17-18,22H,12-13,15H2,1-2H3/t17-,18-,22-/m1/s1. The van der Waals surface area contributed by atoms with E-state index in [9.17, 15) is 4.79 Å². The highest BCUT2D eigenvalue weighted by Crippen LogP contribution is 2.51. The number of aryl methyl sites for hydroxylation is 2. The predicted molar refractivity (Wildman–Crippen MR) is 127 cm³/mol. The lowest BCUT2D eigenvalue weighted by Gasteiger charge is -2.27. The van der Waals surface area contributed by atoms with Crippen molar-refractivity contribution in [2.45, 2.75) is 17.6 Å². The number of amides is 1. The van der Waals surface area contributed by atoms with Crippen molar-refractivity contribution in [2.24, 2.45) is 25.9 Å². The average Bonchev–Trinajstić information content (AvgIpc) is 3.16. The van der Waals surface area contributed by atoms with Crippen LogP contribution >= 0.6 is 11.8 Å². The van der Waals surface area contributed by atoms with E-state index in [1.807, 2.05) is 61.8 Å². The molecule has 2 aromatic heterocycles. The third kappa shape index (κ3) is 3.23. The minimum absolute atomic E-state index is 0.0484. The van der Waals surface area contributed by atoms with Crippen LogP contribution in [0, 0.1) is 11.8 Å². The van der Waals surface area contributed by atoms with Crippen LogP contribution in [0.5, 0.6) is 0 Å². The number of para-hydroxylation sites is 2. The first kappa shape index (κ1) is 19.6. The Morgan fingerprint density at radius 2 is 1.88 bits per heavy atom. The molecule has 2 aliphatic rings. The van der Waals surface area contributed by atoms with Gasteiger partial charge in [0.15, 0.2) is 10.9 Å². The monoisotopic (exact) mass is 443 g/mol. The van der Waals surface area contributed by atoms with Gasteiger partial charge in [0.25, 0.3) is 5.91 Å². The summed E-state index contributed by atoms with van der Waals surface area (Å²) in [5.41, 5.74) is 4.64. The Balaban J connectivity index is 1.26. The summed E-state index contributed by atoms with van der Waals surface area (Å²) in [5, 5.41) is 5.57. The molecule has 32 heavy (non-hydrogen) atoms. The van der Waals surface area contributed by atoms with Crippen molar-refractivity contribution >= 4 is 28.7 Å². The van der Waals surface area contributed by atoms with Crippen molar-refractivity contribution in [1.82, 2.24) is 24.2 Å². The number of imidazole rings is 1. The van der Waals surface area contributed by atoms with E-state index in [0.717, 1.165) is 39.6 Å². The van der Waals surface area contributed by atoms with Crippen molar-refractivity contribution in [3.63, 3.8) is 0 Å². The summed E-state index contributed by atoms with van der Waals surface area (Å²) in [6.07, 6.45) is 3.17. The van der Waals surface area contributed by atoms with Gasteiger partial charge in [-0.3, -0.25) is 9.48 Å². The first-order valence-electron chi connectivity index (χ1n) is 11.0. The Morgan fingerprint density at radius 3 is 2.69 bits per heavy atom. The van der Waals surface area contributed by atoms with Gasteiger partial charge in [0.2, 0.25) is 0 Å². The van der Waals surface area contributed by atoms with Crippen LogP contribution in [0.25, 0.3) is 22.2 Å². The van der Waals surface area contributed by atoms with Crippen LogP contribution in [0.2, 0.25) is 0 Å². The number of fused-ring (bicyclic) bond motifs is 2. The molecule has 2 aromatic carbocycles. The molecule has 6 rings (SSSR count). The van der Waals surface area contributed by atoms with Gasteiger partial charge >= 0.3 is 0 Å². The normalized spacial score (nSPS) is 21.8. The van der Waals surface area contributed by atoms with Crippen molar-refractivity contribution in [2.75, 3.05) is 12.3 Å². The molecule has 2 fully saturated rings. The maximum atomic E-state index is 13.7. The second kappa shape index (κ2) is 7.52. The molecule has 1 aliphatic carbocycles. The third-order valence-corrected chi connectivity index (χ3v) is 7.94. The first-order valence-corrected chi connectivity index (χ1v) is 12.0. The zero-order valence-electron chi connectivity index (χ0n) is 18.2. The minimum atomic E-state index is 0.0484. The molecule has 1 amide bonds. The van der Waals surface area contributed by atoms with Gasteiger partial charge in [-0.25, -0.2) is 4.98 Å². The molecule has 0 bridgehead atoms. The summed E-state index contributed by atoms with van der Waals surface area (Å²) in [7, 11) is 3.94. The SMILES string of the molecule is Cn1cc(-c2ccccc2)c(C(=O)N2C[C@H]3C[C@H]3[C@H]2CSc2nc3ccccc3n2C)n1. The van der Waals surface area contributed by atoms with E-state index in [1.165, 1.54) is 6.42 Å². The molecule has 0 radical (unpaired) electrons. The number of thioether (sulfide) groups is 1. The van der Waals surface area contributed by atoms with Crippen LogP contribution < -0.4 is 0 Å². The maximum absolute atomic E-state index is 13.7. The lowest BCUT2D eigenvalue weighted by molar-refractivity contribution is 0.0717. The molecule has 3 heterocycles. The van der Waals surface area contributed by atoms with E-state index in [4.69, 9.17) is 4.98 Å². The Labute approximate surface area is 191 Å². The minimum Gasteiger partial charge on any atom is -0.333 e. The summed E-state index contributed by atoms with van der Waals surface area (Å²) in [6.45, 7) is 0.835. The molecule has 0 spiro atoms. The number of rotatable bonds is 5. The van der Waals surface area contributed by atoms with E-state index in [2.05, 4.69) is 27.7 Å². The van der Waals surface area contributed by atoms with Gasteiger partial charge in [0.1, 0.15) is 0 Å². The van der Waals surface area contributed by atoms with Gasteiger partial charge in [-0.05, 0) is 36.0 Å². The topological polar surface area (TPSA) is 56.0 Å². The third-order valence-electron chi connectivity index (χ3n) is 6.81. The number of hydrogen-bond acceptors (Lipinski definition) is 4. The molecule has 0 unspecified atom stereocenters. The Kier molecular flexibility index (Phi) is 4.61. The zero-order chi connectivity index (χ0) is 21.8. The summed E-state index contributed by atoms with van der Waals surface area (Å²) in [5.74, 6) is 2.14. The van der Waals surface area contributed by atoms with Crippen LogP contribution in [-0.2, 0) is 14.1 Å². The molecular formula is C25H25N5OS. The van der Waals surface area contributed by atoms with E-state index in [-0.39, 0.29) is 11.9 Å². The highest BCUT2D eigenvalue weighted by atomic mass is 32.2. The number of likely N-dealkylation sites (tertiary alicyclic amines) is 1. The summed E-state index contributed by atoms with van der Waals surface area (Å²) < 4.78 is 3.90. The quantitative estimate of drug-likeness (QED) is 0.433. The molecule has 162 valence electrons. The van der Waals surface area contributed by atoms with E-state index in [1.54, 1.807) is 16.4 Å². The Morgan fingerprint density at radius 1 is 1.09 bits per heavy atom. The second-order valence-corrected chi connectivity index (χ2v) is 9.86. The van der Waals surface area contributed by atoms with E-state index < -0.39 is 0 Å². The number of nitrogens with zero attached hydrogens (tertiary/aromatic N) is 5. The lowest BCUT2D eigenvalue weighted by atomic mass is 10.1. The molecule has 1 saturated carbocycles. The van der Waals surface area contributed by atoms with Gasteiger partial charge in [0.05, 0.1) is 11.0 Å². The summed E-state index contributed by atoms with van der Waals surface area (Å²) in [4.78, 5) is 20.5. The molecule has 1 aliphatic heterocycles. The summed E-state index contributed by atoms with van der Waals surface area (Å²) >= 11 is 1.75. The number of benzene rings is 2. The maximum Gasteiger partial charge on any atom is 0.275 e. The average molecular weight is 444 g/mol. The van der Waals surface area contributed by atoms with Gasteiger partial charge in [-0.2, -0.15) is 5.10 Å². The molecule has 0 N–H and O–H groups in total. The fraction of sp³-hybridized carbons (Fsp3) is 0.320. The second-order valence-electron chi connectivity index (χ2n) is 8.87. The number of carbonyl (C=O) groups is 1. The van der Waals surface area contributed by atoms with Crippen LogP contribution in [-0.4, -0.2) is 48.5 Å². The molecule has 6 nitrogen and oxygen atoms in total. The largest absolute Gasteiger partial charge is 0.333 e. The van der Waals surface area contributed by atoms with Gasteiger partial charge in [-0.15, -0.1) is 0 Å². The molecule has 1 saturated heterocycles. The predicted octanol–water partition coefficient (Wildman–Crippen LogP) is 4.23. The molecule has 4 aromatic rings. The number of carbonyl (C=O) groups excluding carboxylic acids is 1. The van der Waals surface area contributed by atoms with Gasteiger partial charge in [-0.1, -0.05) is 54.2 Å². The number of hydrogen-bond donors (Lipinski definition) is 0. The number of piperidine rings is 1. The van der Waals surface area contributed by atoms with Crippen molar-refractivity contribution in [3.05, 3.63) is 66.5 Å². The van der Waals surface area contributed by atoms with Crippen molar-refractivity contribution in [1.29, 1.82) is 0 Å². The molecule has 7 heteroatoms.